The normalized spacial score (nSPS) is 11.9. The van der Waals surface area contributed by atoms with Gasteiger partial charge in [-0.15, -0.1) is 0 Å². The molecule has 0 saturated heterocycles. The Bertz CT molecular complexity index is 700. The second-order valence-electron chi connectivity index (χ2n) is 4.81. The average molecular weight is 295 g/mol. The first kappa shape index (κ1) is 14.1. The largest absolute Gasteiger partial charge is 0.481 e. The molecule has 0 spiro atoms. The van der Waals surface area contributed by atoms with Gasteiger partial charge in [-0.2, -0.15) is 0 Å². The number of hydrogen-bond donors (Lipinski definition) is 1. The Morgan fingerprint density at radius 1 is 1.23 bits per heavy atom. The first-order valence-corrected chi connectivity index (χ1v) is 6.98. The van der Waals surface area contributed by atoms with Gasteiger partial charge in [0.1, 0.15) is 12.1 Å². The first-order chi connectivity index (χ1) is 10.8. The van der Waals surface area contributed by atoms with E-state index in [1.165, 1.54) is 11.9 Å². The van der Waals surface area contributed by atoms with E-state index >= 15 is 0 Å². The zero-order valence-electron chi connectivity index (χ0n) is 12.3. The molecule has 3 aromatic rings. The maximum Gasteiger partial charge on any atom is 0.218 e. The summed E-state index contributed by atoms with van der Waals surface area (Å²) in [5.41, 5.74) is 1.17. The van der Waals surface area contributed by atoms with Crippen molar-refractivity contribution in [2.24, 2.45) is 0 Å². The number of imidazole rings is 1. The summed E-state index contributed by atoms with van der Waals surface area (Å²) in [5.74, 6) is 1.26. The second kappa shape index (κ2) is 6.71. The third-order valence-corrected chi connectivity index (χ3v) is 3.33. The van der Waals surface area contributed by atoms with Crippen molar-refractivity contribution in [1.29, 1.82) is 0 Å². The van der Waals surface area contributed by atoms with E-state index in [1.807, 2.05) is 29.0 Å². The molecule has 2 heterocycles. The van der Waals surface area contributed by atoms with Gasteiger partial charge >= 0.3 is 0 Å². The smallest absolute Gasteiger partial charge is 0.218 e. The van der Waals surface area contributed by atoms with Crippen molar-refractivity contribution in [2.45, 2.75) is 12.6 Å². The Balaban J connectivity index is 1.84. The van der Waals surface area contributed by atoms with Crippen LogP contribution in [0.15, 0.2) is 61.4 Å². The van der Waals surface area contributed by atoms with Crippen molar-refractivity contribution in [3.8, 4) is 5.88 Å². The topological polar surface area (TPSA) is 64.9 Å². The minimum Gasteiger partial charge on any atom is -0.481 e. The van der Waals surface area contributed by atoms with Crippen LogP contribution in [0.3, 0.4) is 0 Å². The van der Waals surface area contributed by atoms with Crippen LogP contribution in [0.2, 0.25) is 0 Å². The number of aromatic nitrogens is 4. The standard InChI is InChI=1S/C16H17N5O/c1-22-16-9-15(18-11-19-16)20-14(10-21-8-7-17-12-21)13-5-3-2-4-6-13/h2-9,11-12,14H,10H2,1H3,(H,18,19,20). The zero-order valence-corrected chi connectivity index (χ0v) is 12.3. The molecule has 6 nitrogen and oxygen atoms in total. The molecule has 0 amide bonds. The van der Waals surface area contributed by atoms with Gasteiger partial charge in [0.15, 0.2) is 0 Å². The number of hydrogen-bond acceptors (Lipinski definition) is 5. The van der Waals surface area contributed by atoms with Crippen molar-refractivity contribution < 1.29 is 4.74 Å². The number of methoxy groups -OCH3 is 1. The lowest BCUT2D eigenvalue weighted by Gasteiger charge is -2.20. The van der Waals surface area contributed by atoms with Crippen LogP contribution in [0.4, 0.5) is 5.82 Å². The summed E-state index contributed by atoms with van der Waals surface area (Å²) in [4.78, 5) is 12.4. The Labute approximate surface area is 128 Å². The highest BCUT2D eigenvalue weighted by Gasteiger charge is 2.13. The third-order valence-electron chi connectivity index (χ3n) is 3.33. The van der Waals surface area contributed by atoms with Gasteiger partial charge in [-0.25, -0.2) is 15.0 Å². The van der Waals surface area contributed by atoms with Gasteiger partial charge in [-0.05, 0) is 5.56 Å². The first-order valence-electron chi connectivity index (χ1n) is 6.98. The van der Waals surface area contributed by atoms with E-state index in [2.05, 4.69) is 32.4 Å². The van der Waals surface area contributed by atoms with E-state index in [9.17, 15) is 0 Å². The van der Waals surface area contributed by atoms with Crippen molar-refractivity contribution in [3.63, 3.8) is 0 Å². The Kier molecular flexibility index (Phi) is 4.29. The van der Waals surface area contributed by atoms with Gasteiger partial charge in [0.2, 0.25) is 5.88 Å². The Morgan fingerprint density at radius 3 is 2.82 bits per heavy atom. The number of anilines is 1. The predicted molar refractivity (Wildman–Crippen MR) is 83.6 cm³/mol. The molecule has 22 heavy (non-hydrogen) atoms. The molecule has 3 rings (SSSR count). The minimum absolute atomic E-state index is 0.0648. The van der Waals surface area contributed by atoms with E-state index < -0.39 is 0 Å². The van der Waals surface area contributed by atoms with E-state index in [4.69, 9.17) is 4.74 Å². The fourth-order valence-corrected chi connectivity index (χ4v) is 2.23. The van der Waals surface area contributed by atoms with Crippen molar-refractivity contribution in [3.05, 3.63) is 67.0 Å². The Hall–Kier alpha value is -2.89. The van der Waals surface area contributed by atoms with Gasteiger partial charge in [-0.1, -0.05) is 30.3 Å². The van der Waals surface area contributed by atoms with Crippen LogP contribution in [0.25, 0.3) is 0 Å². The van der Waals surface area contributed by atoms with Crippen molar-refractivity contribution >= 4 is 5.82 Å². The number of nitrogens with zero attached hydrogens (tertiary/aromatic N) is 4. The molecule has 112 valence electrons. The molecule has 0 fully saturated rings. The van der Waals surface area contributed by atoms with E-state index in [-0.39, 0.29) is 6.04 Å². The van der Waals surface area contributed by atoms with Crippen LogP contribution in [0.5, 0.6) is 5.88 Å². The second-order valence-corrected chi connectivity index (χ2v) is 4.81. The zero-order chi connectivity index (χ0) is 15.2. The minimum atomic E-state index is 0.0648. The quantitative estimate of drug-likeness (QED) is 0.757. The lowest BCUT2D eigenvalue weighted by molar-refractivity contribution is 0.397. The number of nitrogens with one attached hydrogen (secondary N) is 1. The molecule has 0 radical (unpaired) electrons. The van der Waals surface area contributed by atoms with E-state index in [1.54, 1.807) is 25.7 Å². The maximum atomic E-state index is 5.14. The molecule has 0 aliphatic carbocycles. The van der Waals surface area contributed by atoms with Crippen LogP contribution >= 0.6 is 0 Å². The van der Waals surface area contributed by atoms with Crippen molar-refractivity contribution in [2.75, 3.05) is 12.4 Å². The molecule has 1 atom stereocenters. The molecular formula is C16H17N5O. The molecule has 1 unspecified atom stereocenters. The van der Waals surface area contributed by atoms with Gasteiger partial charge in [-0.3, -0.25) is 0 Å². The monoisotopic (exact) mass is 295 g/mol. The molecule has 6 heteroatoms. The van der Waals surface area contributed by atoms with Crippen LogP contribution in [-0.4, -0.2) is 26.6 Å². The fraction of sp³-hybridized carbons (Fsp3) is 0.188. The highest BCUT2D eigenvalue weighted by atomic mass is 16.5. The van der Waals surface area contributed by atoms with Gasteiger partial charge in [0.25, 0.3) is 0 Å². The van der Waals surface area contributed by atoms with Gasteiger partial charge < -0.3 is 14.6 Å². The lowest BCUT2D eigenvalue weighted by atomic mass is 10.1. The maximum absolute atomic E-state index is 5.14. The molecule has 1 aromatic carbocycles. The molecule has 0 saturated carbocycles. The van der Waals surface area contributed by atoms with Crippen LogP contribution in [0, 0.1) is 0 Å². The van der Waals surface area contributed by atoms with E-state index in [0.717, 1.165) is 12.4 Å². The lowest BCUT2D eigenvalue weighted by Crippen LogP contribution is -2.17. The number of benzene rings is 1. The number of ether oxygens (including phenoxy) is 1. The van der Waals surface area contributed by atoms with Crippen LogP contribution in [0.1, 0.15) is 11.6 Å². The highest BCUT2D eigenvalue weighted by molar-refractivity contribution is 5.40. The van der Waals surface area contributed by atoms with E-state index in [0.29, 0.717) is 5.88 Å². The SMILES string of the molecule is COc1cc(NC(Cn2ccnc2)c2ccccc2)ncn1. The summed E-state index contributed by atoms with van der Waals surface area (Å²) in [6, 6.07) is 12.1. The molecule has 2 aromatic heterocycles. The van der Waals surface area contributed by atoms with Crippen LogP contribution in [-0.2, 0) is 6.54 Å². The molecule has 0 aliphatic rings. The molecule has 1 N–H and O–H groups in total. The highest BCUT2D eigenvalue weighted by Crippen LogP contribution is 2.21. The summed E-state index contributed by atoms with van der Waals surface area (Å²) in [5, 5.41) is 3.43. The Morgan fingerprint density at radius 2 is 2.09 bits per heavy atom. The van der Waals surface area contributed by atoms with Crippen LogP contribution < -0.4 is 10.1 Å². The fourth-order valence-electron chi connectivity index (χ4n) is 2.23. The molecular weight excluding hydrogens is 278 g/mol. The van der Waals surface area contributed by atoms with Gasteiger partial charge in [0, 0.05) is 25.0 Å². The van der Waals surface area contributed by atoms with Crippen molar-refractivity contribution in [1.82, 2.24) is 19.5 Å². The summed E-state index contributed by atoms with van der Waals surface area (Å²) < 4.78 is 7.17. The summed E-state index contributed by atoms with van der Waals surface area (Å²) in [6.45, 7) is 0.746. The summed E-state index contributed by atoms with van der Waals surface area (Å²) >= 11 is 0. The third kappa shape index (κ3) is 3.41. The summed E-state index contributed by atoms with van der Waals surface area (Å²) in [6.07, 6.45) is 7.01. The molecule has 0 aliphatic heterocycles. The molecule has 0 bridgehead atoms. The van der Waals surface area contributed by atoms with Gasteiger partial charge in [0.05, 0.1) is 19.5 Å². The average Bonchev–Trinajstić information content (AvgIpc) is 3.08. The predicted octanol–water partition coefficient (Wildman–Crippen LogP) is 2.54. The number of rotatable bonds is 6. The summed E-state index contributed by atoms with van der Waals surface area (Å²) in [7, 11) is 1.59.